The molecule has 3 saturated carbocycles. The maximum atomic E-state index is 14.6. The van der Waals surface area contributed by atoms with Crippen LogP contribution in [0.4, 0.5) is 0 Å². The van der Waals surface area contributed by atoms with E-state index in [1.807, 2.05) is 13.1 Å². The van der Waals surface area contributed by atoms with E-state index >= 15 is 0 Å². The summed E-state index contributed by atoms with van der Waals surface area (Å²) < 4.78 is 5.90. The van der Waals surface area contributed by atoms with E-state index < -0.39 is 5.41 Å². The zero-order valence-corrected chi connectivity index (χ0v) is 25.6. The van der Waals surface area contributed by atoms with Crippen molar-refractivity contribution in [3.8, 4) is 0 Å². The molecular weight excluding hydrogens is 484 g/mol. The van der Waals surface area contributed by atoms with Crippen molar-refractivity contribution >= 4 is 11.7 Å². The Labute approximate surface area is 235 Å². The molecule has 0 aromatic carbocycles. The summed E-state index contributed by atoms with van der Waals surface area (Å²) in [5.74, 6) is 1.95. The van der Waals surface area contributed by atoms with Crippen LogP contribution in [-0.4, -0.2) is 23.4 Å². The topological polar surface area (TPSA) is 72.2 Å². The normalized spacial score (nSPS) is 46.1. The number of nitrogens with one attached hydrogen (secondary N) is 1. The molecule has 3 fully saturated rings. The molecule has 0 radical (unpaired) electrons. The van der Waals surface area contributed by atoms with Crippen LogP contribution in [0.2, 0.25) is 0 Å². The number of ketones is 1. The predicted molar refractivity (Wildman–Crippen MR) is 153 cm³/mol. The molecule has 0 bridgehead atoms. The number of allylic oxidation sites excluding steroid dienone is 2. The van der Waals surface area contributed by atoms with Crippen molar-refractivity contribution in [2.45, 2.75) is 119 Å². The van der Waals surface area contributed by atoms with Crippen LogP contribution in [0.25, 0.3) is 0 Å². The van der Waals surface area contributed by atoms with Gasteiger partial charge in [0.1, 0.15) is 5.76 Å². The second-order valence-corrected chi connectivity index (χ2v) is 15.8. The molecule has 8 atom stereocenters. The maximum Gasteiger partial charge on any atom is 0.226 e. The summed E-state index contributed by atoms with van der Waals surface area (Å²) in [5, 5.41) is 7.46. The lowest BCUT2D eigenvalue weighted by Crippen LogP contribution is -2.67. The molecule has 1 heterocycles. The lowest BCUT2D eigenvalue weighted by atomic mass is 9.33. The first kappa shape index (κ1) is 27.3. The molecule has 1 aromatic rings. The van der Waals surface area contributed by atoms with Crippen molar-refractivity contribution in [2.75, 3.05) is 6.54 Å². The van der Waals surface area contributed by atoms with Gasteiger partial charge in [0, 0.05) is 23.4 Å². The smallest absolute Gasteiger partial charge is 0.226 e. The van der Waals surface area contributed by atoms with Gasteiger partial charge < -0.3 is 9.84 Å². The van der Waals surface area contributed by atoms with Gasteiger partial charge in [-0.2, -0.15) is 0 Å². The fraction of sp³-hybridized carbons (Fsp3) is 0.794. The Hall–Kier alpha value is -1.91. The second-order valence-electron chi connectivity index (χ2n) is 15.8. The highest BCUT2D eigenvalue weighted by Gasteiger charge is 2.71. The molecule has 39 heavy (non-hydrogen) atoms. The highest BCUT2D eigenvalue weighted by atomic mass is 16.5. The summed E-state index contributed by atoms with van der Waals surface area (Å²) in [5.41, 5.74) is 1.89. The number of nitrogens with zero attached hydrogens (tertiary/aromatic N) is 1. The van der Waals surface area contributed by atoms with Crippen LogP contribution in [0.5, 0.6) is 0 Å². The molecule has 1 amide bonds. The number of hydrogen-bond donors (Lipinski definition) is 1. The summed E-state index contributed by atoms with van der Waals surface area (Å²) in [4.78, 5) is 28.4. The third-order valence-corrected chi connectivity index (χ3v) is 13.7. The molecule has 1 N–H and O–H groups in total. The van der Waals surface area contributed by atoms with E-state index in [1.54, 1.807) is 0 Å². The van der Waals surface area contributed by atoms with Gasteiger partial charge in [-0.15, -0.1) is 0 Å². The van der Waals surface area contributed by atoms with Gasteiger partial charge in [-0.3, -0.25) is 9.59 Å². The van der Waals surface area contributed by atoms with Crippen molar-refractivity contribution in [1.29, 1.82) is 0 Å². The Morgan fingerprint density at radius 2 is 1.77 bits per heavy atom. The summed E-state index contributed by atoms with van der Waals surface area (Å²) >= 11 is 0. The van der Waals surface area contributed by atoms with Gasteiger partial charge >= 0.3 is 0 Å². The third kappa shape index (κ3) is 3.28. The average molecular weight is 535 g/mol. The first-order valence-electron chi connectivity index (χ1n) is 15.7. The molecule has 0 saturated heterocycles. The van der Waals surface area contributed by atoms with Gasteiger partial charge in [-0.05, 0) is 104 Å². The van der Waals surface area contributed by atoms with Crippen LogP contribution in [-0.2, 0) is 21.4 Å². The monoisotopic (exact) mass is 534 g/mol. The largest absolute Gasteiger partial charge is 0.361 e. The second kappa shape index (κ2) is 8.32. The quantitative estimate of drug-likeness (QED) is 0.445. The number of fused-ring (bicyclic) bond motifs is 8. The SMILES string of the molecule is CCNC(=O)[C@]12CCC(C)(C)C[C@H]1[C@H]1C(=O)C=C3[C@@]4(C)Cc5cnoc5[C@@](C)(CC)[C@@H]4CC[C@@]3(C)[C@]1(C)CC2. The minimum absolute atomic E-state index is 0.0743. The van der Waals surface area contributed by atoms with E-state index in [2.05, 4.69) is 65.0 Å². The molecule has 6 rings (SSSR count). The van der Waals surface area contributed by atoms with Gasteiger partial charge in [-0.1, -0.05) is 59.2 Å². The summed E-state index contributed by atoms with van der Waals surface area (Å²) in [7, 11) is 0. The average Bonchev–Trinajstić information content (AvgIpc) is 3.34. The first-order chi connectivity index (χ1) is 18.2. The Morgan fingerprint density at radius 3 is 2.46 bits per heavy atom. The Morgan fingerprint density at radius 1 is 1.05 bits per heavy atom. The third-order valence-electron chi connectivity index (χ3n) is 13.7. The summed E-state index contributed by atoms with van der Waals surface area (Å²) in [6.45, 7) is 19.3. The number of amides is 1. The van der Waals surface area contributed by atoms with Gasteiger partial charge in [0.2, 0.25) is 5.91 Å². The van der Waals surface area contributed by atoms with Gasteiger partial charge in [-0.25, -0.2) is 0 Å². The van der Waals surface area contributed by atoms with Crippen molar-refractivity contribution in [3.05, 3.63) is 29.2 Å². The molecule has 0 aliphatic heterocycles. The summed E-state index contributed by atoms with van der Waals surface area (Å²) in [6, 6.07) is 0. The minimum Gasteiger partial charge on any atom is -0.361 e. The highest BCUT2D eigenvalue weighted by molar-refractivity contribution is 5.96. The molecule has 5 aliphatic carbocycles. The number of aromatic nitrogens is 1. The first-order valence-corrected chi connectivity index (χ1v) is 15.7. The lowest BCUT2D eigenvalue weighted by molar-refractivity contribution is -0.179. The summed E-state index contributed by atoms with van der Waals surface area (Å²) in [6.07, 6.45) is 12.9. The number of hydrogen-bond acceptors (Lipinski definition) is 4. The Kier molecular flexibility index (Phi) is 5.82. The molecule has 0 spiro atoms. The van der Waals surface area contributed by atoms with E-state index in [-0.39, 0.29) is 50.6 Å². The fourth-order valence-corrected chi connectivity index (χ4v) is 11.2. The van der Waals surface area contributed by atoms with Crippen LogP contribution in [0.15, 0.2) is 22.4 Å². The zero-order chi connectivity index (χ0) is 28.2. The fourth-order valence-electron chi connectivity index (χ4n) is 11.2. The molecule has 5 heteroatoms. The van der Waals surface area contributed by atoms with E-state index in [1.165, 1.54) is 11.1 Å². The van der Waals surface area contributed by atoms with Gasteiger partial charge in [0.25, 0.3) is 0 Å². The Bertz CT molecular complexity index is 1240. The molecule has 1 aromatic heterocycles. The van der Waals surface area contributed by atoms with Crippen molar-refractivity contribution in [2.24, 2.45) is 44.8 Å². The van der Waals surface area contributed by atoms with E-state index in [4.69, 9.17) is 4.52 Å². The van der Waals surface area contributed by atoms with E-state index in [9.17, 15) is 9.59 Å². The van der Waals surface area contributed by atoms with Crippen LogP contribution >= 0.6 is 0 Å². The van der Waals surface area contributed by atoms with Gasteiger partial charge in [0.15, 0.2) is 5.78 Å². The van der Waals surface area contributed by atoms with E-state index in [0.29, 0.717) is 12.5 Å². The van der Waals surface area contributed by atoms with Gasteiger partial charge in [0.05, 0.1) is 11.6 Å². The van der Waals surface area contributed by atoms with E-state index in [0.717, 1.165) is 63.5 Å². The zero-order valence-electron chi connectivity index (χ0n) is 25.6. The van der Waals surface area contributed by atoms with Crippen molar-refractivity contribution in [3.63, 3.8) is 0 Å². The minimum atomic E-state index is -0.419. The van der Waals surface area contributed by atoms with Crippen LogP contribution in [0, 0.1) is 44.8 Å². The Balaban J connectivity index is 1.50. The van der Waals surface area contributed by atoms with Crippen LogP contribution in [0.3, 0.4) is 0 Å². The number of carbonyl (C=O) groups excluding carboxylic acids is 2. The van der Waals surface area contributed by atoms with Crippen LogP contribution in [0.1, 0.15) is 118 Å². The maximum absolute atomic E-state index is 14.6. The molecule has 5 aliphatic rings. The standard InChI is InChI=1S/C34H50N2O3/c1-9-30(5)24-11-12-32(7)25(31(24,6)18-21-20-36-39-27(21)30)17-23(37)26-22-19-29(3,4)13-15-34(22,28(38)35-10-2)16-14-33(26,32)8/h17,20,22,24,26H,9-16,18-19H2,1-8H3,(H,35,38)/t22-,24-,26-,30-,31-,32+,33+,34-/m0/s1. The highest BCUT2D eigenvalue weighted by Crippen LogP contribution is 2.75. The number of rotatable bonds is 3. The lowest BCUT2D eigenvalue weighted by Gasteiger charge is -2.69. The predicted octanol–water partition coefficient (Wildman–Crippen LogP) is 7.20. The molecule has 214 valence electrons. The van der Waals surface area contributed by atoms with Crippen molar-refractivity contribution in [1.82, 2.24) is 10.5 Å². The number of carbonyl (C=O) groups is 2. The molecule has 5 nitrogen and oxygen atoms in total. The molecular formula is C34H50N2O3. The van der Waals surface area contributed by atoms with Crippen LogP contribution < -0.4 is 5.32 Å². The van der Waals surface area contributed by atoms with Crippen molar-refractivity contribution < 1.29 is 14.1 Å². The molecule has 0 unspecified atom stereocenters.